The molecule has 0 unspecified atom stereocenters. The van der Waals surface area contributed by atoms with E-state index in [1.165, 1.54) is 0 Å². The van der Waals surface area contributed by atoms with Gasteiger partial charge in [0.15, 0.2) is 12.4 Å². The van der Waals surface area contributed by atoms with Gasteiger partial charge < -0.3 is 9.47 Å². The predicted octanol–water partition coefficient (Wildman–Crippen LogP) is 3.34. The van der Waals surface area contributed by atoms with Crippen LogP contribution in [-0.2, 0) is 4.74 Å². The highest BCUT2D eigenvalue weighted by molar-refractivity contribution is 14.1. The van der Waals surface area contributed by atoms with E-state index < -0.39 is 5.97 Å². The van der Waals surface area contributed by atoms with E-state index in [1.807, 2.05) is 12.1 Å². The van der Waals surface area contributed by atoms with Crippen molar-refractivity contribution in [2.45, 2.75) is 0 Å². The largest absolute Gasteiger partial charge is 0.497 e. The number of methoxy groups -OCH3 is 1. The summed E-state index contributed by atoms with van der Waals surface area (Å²) in [6.45, 7) is -0.282. The maximum absolute atomic E-state index is 11.9. The van der Waals surface area contributed by atoms with Crippen molar-refractivity contribution < 1.29 is 19.1 Å². The number of benzene rings is 2. The highest BCUT2D eigenvalue weighted by Crippen LogP contribution is 2.14. The first kappa shape index (κ1) is 15.5. The lowest BCUT2D eigenvalue weighted by atomic mass is 10.1. The van der Waals surface area contributed by atoms with Gasteiger partial charge in [0.2, 0.25) is 0 Å². The molecule has 2 aromatic rings. The molecule has 0 aliphatic heterocycles. The van der Waals surface area contributed by atoms with Gasteiger partial charge in [0.05, 0.1) is 12.7 Å². The Morgan fingerprint density at radius 2 is 1.71 bits per heavy atom. The molecule has 0 heterocycles. The summed E-state index contributed by atoms with van der Waals surface area (Å²) in [5.41, 5.74) is 0.937. The first-order valence-electron chi connectivity index (χ1n) is 6.20. The fourth-order valence-electron chi connectivity index (χ4n) is 1.70. The number of hydrogen-bond donors (Lipinski definition) is 0. The third kappa shape index (κ3) is 4.04. The molecule has 0 fully saturated rings. The van der Waals surface area contributed by atoms with Crippen LogP contribution in [0.3, 0.4) is 0 Å². The average Bonchev–Trinajstić information content (AvgIpc) is 2.52. The van der Waals surface area contributed by atoms with Crippen LogP contribution in [0.5, 0.6) is 5.75 Å². The Labute approximate surface area is 136 Å². The second kappa shape index (κ2) is 7.21. The first-order chi connectivity index (χ1) is 10.1. The SMILES string of the molecule is COc1ccc(C(=O)COC(=O)c2ccccc2I)cc1. The molecule has 0 N–H and O–H groups in total. The van der Waals surface area contributed by atoms with Crippen LogP contribution in [0.2, 0.25) is 0 Å². The van der Waals surface area contributed by atoms with Crippen molar-refractivity contribution >= 4 is 34.3 Å². The van der Waals surface area contributed by atoms with E-state index in [9.17, 15) is 9.59 Å². The zero-order valence-corrected chi connectivity index (χ0v) is 13.5. The fraction of sp³-hybridized carbons (Fsp3) is 0.125. The molecule has 5 heteroatoms. The van der Waals surface area contributed by atoms with E-state index in [0.29, 0.717) is 16.9 Å². The molecule has 0 bridgehead atoms. The zero-order chi connectivity index (χ0) is 15.2. The molecule has 0 saturated carbocycles. The van der Waals surface area contributed by atoms with Crippen LogP contribution < -0.4 is 4.74 Å². The lowest BCUT2D eigenvalue weighted by Crippen LogP contribution is -2.15. The molecule has 2 rings (SSSR count). The lowest BCUT2D eigenvalue weighted by molar-refractivity contribution is 0.0473. The number of hydrogen-bond acceptors (Lipinski definition) is 4. The third-order valence-corrected chi connectivity index (χ3v) is 3.78. The summed E-state index contributed by atoms with van der Waals surface area (Å²) in [5.74, 6) is -0.0822. The van der Waals surface area contributed by atoms with Gasteiger partial charge in [0.1, 0.15) is 5.75 Å². The van der Waals surface area contributed by atoms with Crippen LogP contribution >= 0.6 is 22.6 Å². The maximum Gasteiger partial charge on any atom is 0.339 e. The summed E-state index contributed by atoms with van der Waals surface area (Å²) in [7, 11) is 1.56. The fourth-order valence-corrected chi connectivity index (χ4v) is 2.30. The van der Waals surface area contributed by atoms with Gasteiger partial charge >= 0.3 is 5.97 Å². The second-order valence-electron chi connectivity index (χ2n) is 4.21. The number of rotatable bonds is 5. The molecule has 4 nitrogen and oxygen atoms in total. The average molecular weight is 396 g/mol. The second-order valence-corrected chi connectivity index (χ2v) is 5.37. The Kier molecular flexibility index (Phi) is 5.32. The molecule has 2 aromatic carbocycles. The minimum atomic E-state index is -0.498. The minimum absolute atomic E-state index is 0.253. The third-order valence-electron chi connectivity index (χ3n) is 2.84. The van der Waals surface area contributed by atoms with Crippen LogP contribution in [0.4, 0.5) is 0 Å². The molecule has 0 aliphatic rings. The molecular formula is C16H13IO4. The minimum Gasteiger partial charge on any atom is -0.497 e. The molecule has 0 saturated heterocycles. The summed E-state index contributed by atoms with van der Waals surface area (Å²) in [6, 6.07) is 13.7. The van der Waals surface area contributed by atoms with Crippen molar-refractivity contribution in [3.8, 4) is 5.75 Å². The van der Waals surface area contributed by atoms with Crippen LogP contribution in [0.1, 0.15) is 20.7 Å². The number of carbonyl (C=O) groups excluding carboxylic acids is 2. The van der Waals surface area contributed by atoms with Crippen molar-refractivity contribution in [3.63, 3.8) is 0 Å². The normalized spacial score (nSPS) is 10.0. The predicted molar refractivity (Wildman–Crippen MR) is 86.8 cm³/mol. The van der Waals surface area contributed by atoms with Crippen LogP contribution in [0.15, 0.2) is 48.5 Å². The summed E-state index contributed by atoms with van der Waals surface area (Å²) < 4.78 is 10.9. The maximum atomic E-state index is 11.9. The first-order valence-corrected chi connectivity index (χ1v) is 7.28. The molecule has 0 aliphatic carbocycles. The molecule has 21 heavy (non-hydrogen) atoms. The molecule has 0 atom stereocenters. The van der Waals surface area contributed by atoms with Crippen molar-refractivity contribution in [2.24, 2.45) is 0 Å². The van der Waals surface area contributed by atoms with Crippen LogP contribution in [-0.4, -0.2) is 25.5 Å². The van der Waals surface area contributed by atoms with E-state index in [-0.39, 0.29) is 12.4 Å². The molecule has 0 spiro atoms. The van der Waals surface area contributed by atoms with Crippen molar-refractivity contribution in [1.82, 2.24) is 0 Å². The van der Waals surface area contributed by atoms with Crippen LogP contribution in [0.25, 0.3) is 0 Å². The molecular weight excluding hydrogens is 383 g/mol. The van der Waals surface area contributed by atoms with E-state index in [0.717, 1.165) is 3.57 Å². The van der Waals surface area contributed by atoms with E-state index in [2.05, 4.69) is 22.6 Å². The van der Waals surface area contributed by atoms with Gasteiger partial charge in [-0.2, -0.15) is 0 Å². The van der Waals surface area contributed by atoms with Gasteiger partial charge in [-0.3, -0.25) is 4.79 Å². The van der Waals surface area contributed by atoms with Gasteiger partial charge in [-0.15, -0.1) is 0 Å². The van der Waals surface area contributed by atoms with Crippen molar-refractivity contribution in [3.05, 3.63) is 63.2 Å². The summed E-state index contributed by atoms with van der Waals surface area (Å²) >= 11 is 2.05. The molecule has 108 valence electrons. The van der Waals surface area contributed by atoms with E-state index in [1.54, 1.807) is 43.5 Å². The Balaban J connectivity index is 1.97. The molecule has 0 radical (unpaired) electrons. The number of ketones is 1. The summed E-state index contributed by atoms with van der Waals surface area (Å²) in [4.78, 5) is 23.8. The molecule has 0 amide bonds. The highest BCUT2D eigenvalue weighted by Gasteiger charge is 2.13. The van der Waals surface area contributed by atoms with E-state index >= 15 is 0 Å². The standard InChI is InChI=1S/C16H13IO4/c1-20-12-8-6-11(7-9-12)15(18)10-21-16(19)13-4-2-3-5-14(13)17/h2-9H,10H2,1H3. The Morgan fingerprint density at radius 1 is 1.05 bits per heavy atom. The number of Topliss-reactive ketones (excluding diaryl/α,β-unsaturated/α-hetero) is 1. The highest BCUT2D eigenvalue weighted by atomic mass is 127. The summed E-state index contributed by atoms with van der Waals surface area (Å²) in [6.07, 6.45) is 0. The Hall–Kier alpha value is -1.89. The zero-order valence-electron chi connectivity index (χ0n) is 11.3. The number of ether oxygens (including phenoxy) is 2. The molecule has 0 aromatic heterocycles. The monoisotopic (exact) mass is 396 g/mol. The number of halogens is 1. The Morgan fingerprint density at radius 3 is 2.33 bits per heavy atom. The Bertz CT molecular complexity index is 650. The van der Waals surface area contributed by atoms with Gasteiger partial charge in [-0.1, -0.05) is 12.1 Å². The smallest absolute Gasteiger partial charge is 0.339 e. The summed E-state index contributed by atoms with van der Waals surface area (Å²) in [5, 5.41) is 0. The number of esters is 1. The topological polar surface area (TPSA) is 52.6 Å². The quantitative estimate of drug-likeness (QED) is 0.442. The van der Waals surface area contributed by atoms with Gasteiger partial charge in [0.25, 0.3) is 0 Å². The van der Waals surface area contributed by atoms with Gasteiger partial charge in [-0.25, -0.2) is 4.79 Å². The number of carbonyl (C=O) groups is 2. The van der Waals surface area contributed by atoms with Gasteiger partial charge in [-0.05, 0) is 59.0 Å². The van der Waals surface area contributed by atoms with Crippen molar-refractivity contribution in [2.75, 3.05) is 13.7 Å². The van der Waals surface area contributed by atoms with Crippen molar-refractivity contribution in [1.29, 1.82) is 0 Å². The van der Waals surface area contributed by atoms with Gasteiger partial charge in [0, 0.05) is 9.13 Å². The lowest BCUT2D eigenvalue weighted by Gasteiger charge is -2.06. The van der Waals surface area contributed by atoms with E-state index in [4.69, 9.17) is 9.47 Å². The van der Waals surface area contributed by atoms with Crippen LogP contribution in [0, 0.1) is 3.57 Å².